The van der Waals surface area contributed by atoms with Crippen molar-refractivity contribution in [2.45, 2.75) is 26.0 Å². The molecule has 0 radical (unpaired) electrons. The van der Waals surface area contributed by atoms with Gasteiger partial charge in [-0.1, -0.05) is 12.1 Å². The number of ether oxygens (including phenoxy) is 1. The number of hydrogen-bond acceptors (Lipinski definition) is 2. The maximum absolute atomic E-state index is 13.8. The lowest BCUT2D eigenvalue weighted by Gasteiger charge is -2.16. The summed E-state index contributed by atoms with van der Waals surface area (Å²) in [5.74, 6) is -2.66. The minimum Gasteiger partial charge on any atom is -0.491 e. The molecule has 2 N–H and O–H groups in total. The Morgan fingerprint density at radius 3 is 2.29 bits per heavy atom. The summed E-state index contributed by atoms with van der Waals surface area (Å²) < 4.78 is 45.5. The second-order valence-electron chi connectivity index (χ2n) is 5.00. The van der Waals surface area contributed by atoms with Crippen molar-refractivity contribution in [2.24, 2.45) is 5.73 Å². The van der Waals surface area contributed by atoms with Gasteiger partial charge in [0.15, 0.2) is 11.6 Å². The third-order valence-electron chi connectivity index (χ3n) is 2.96. The molecule has 0 spiro atoms. The molecule has 0 heterocycles. The molecule has 1 atom stereocenters. The second kappa shape index (κ2) is 6.18. The average molecular weight is 295 g/mol. The van der Waals surface area contributed by atoms with Gasteiger partial charge in [0.05, 0.1) is 12.1 Å². The highest BCUT2D eigenvalue weighted by atomic mass is 19.2. The number of benzene rings is 2. The molecule has 0 saturated heterocycles. The fraction of sp³-hybridized carbons (Fsp3) is 0.250. The van der Waals surface area contributed by atoms with Gasteiger partial charge in [-0.25, -0.2) is 13.2 Å². The highest BCUT2D eigenvalue weighted by Crippen LogP contribution is 2.27. The summed E-state index contributed by atoms with van der Waals surface area (Å²) in [6.07, 6.45) is -0.0172. The average Bonchev–Trinajstić information content (AvgIpc) is 2.41. The Hall–Kier alpha value is -2.01. The highest BCUT2D eigenvalue weighted by Gasteiger charge is 2.18. The molecule has 2 aromatic rings. The van der Waals surface area contributed by atoms with Crippen LogP contribution in [-0.4, -0.2) is 6.10 Å². The van der Waals surface area contributed by atoms with E-state index in [2.05, 4.69) is 0 Å². The van der Waals surface area contributed by atoms with Gasteiger partial charge >= 0.3 is 0 Å². The Morgan fingerprint density at radius 2 is 1.62 bits per heavy atom. The summed E-state index contributed by atoms with van der Waals surface area (Å²) in [5.41, 5.74) is 6.40. The summed E-state index contributed by atoms with van der Waals surface area (Å²) in [4.78, 5) is 0. The Morgan fingerprint density at radius 1 is 0.952 bits per heavy atom. The summed E-state index contributed by atoms with van der Waals surface area (Å²) >= 11 is 0. The minimum absolute atomic E-state index is 0.0172. The molecule has 0 aliphatic heterocycles. The maximum Gasteiger partial charge on any atom is 0.161 e. The molecule has 1 unspecified atom stereocenters. The van der Waals surface area contributed by atoms with Crippen LogP contribution in [0, 0.1) is 17.5 Å². The van der Waals surface area contributed by atoms with E-state index in [4.69, 9.17) is 10.5 Å². The van der Waals surface area contributed by atoms with Crippen molar-refractivity contribution in [3.05, 3.63) is 65.0 Å². The van der Waals surface area contributed by atoms with Crippen molar-refractivity contribution in [1.29, 1.82) is 0 Å². The number of halogens is 3. The van der Waals surface area contributed by atoms with Crippen LogP contribution >= 0.6 is 0 Å². The van der Waals surface area contributed by atoms with Crippen LogP contribution < -0.4 is 10.5 Å². The molecule has 0 aromatic heterocycles. The molecule has 112 valence electrons. The minimum atomic E-state index is -1.24. The smallest absolute Gasteiger partial charge is 0.161 e. The van der Waals surface area contributed by atoms with Crippen molar-refractivity contribution >= 4 is 0 Å². The highest BCUT2D eigenvalue weighted by molar-refractivity contribution is 5.37. The van der Waals surface area contributed by atoms with E-state index in [9.17, 15) is 13.2 Å². The molecule has 21 heavy (non-hydrogen) atoms. The summed E-state index contributed by atoms with van der Waals surface area (Å²) in [6, 6.07) is 7.17. The van der Waals surface area contributed by atoms with Gasteiger partial charge in [0.2, 0.25) is 0 Å². The van der Waals surface area contributed by atoms with Crippen LogP contribution in [0.2, 0.25) is 0 Å². The third-order valence-corrected chi connectivity index (χ3v) is 2.96. The molecular weight excluding hydrogens is 279 g/mol. The summed E-state index contributed by atoms with van der Waals surface area (Å²) in [5, 5.41) is 0. The summed E-state index contributed by atoms with van der Waals surface area (Å²) in [6.45, 7) is 3.75. The molecule has 5 heteroatoms. The molecule has 0 amide bonds. The van der Waals surface area contributed by atoms with Crippen molar-refractivity contribution in [2.75, 3.05) is 0 Å². The van der Waals surface area contributed by atoms with Crippen LogP contribution in [0.15, 0.2) is 36.4 Å². The first-order valence-electron chi connectivity index (χ1n) is 6.55. The Kier molecular flexibility index (Phi) is 4.53. The lowest BCUT2D eigenvalue weighted by molar-refractivity contribution is 0.242. The zero-order valence-corrected chi connectivity index (χ0v) is 11.7. The first-order chi connectivity index (χ1) is 9.88. The van der Waals surface area contributed by atoms with Crippen molar-refractivity contribution in [3.8, 4) is 5.75 Å². The molecule has 2 nitrogen and oxygen atoms in total. The van der Waals surface area contributed by atoms with E-state index in [0.29, 0.717) is 17.4 Å². The molecular formula is C16H16F3NO. The van der Waals surface area contributed by atoms with Crippen molar-refractivity contribution in [1.82, 2.24) is 0 Å². The zero-order chi connectivity index (χ0) is 15.6. The van der Waals surface area contributed by atoms with Gasteiger partial charge in [-0.15, -0.1) is 0 Å². The zero-order valence-electron chi connectivity index (χ0n) is 11.7. The van der Waals surface area contributed by atoms with Gasteiger partial charge in [0.1, 0.15) is 11.6 Å². The van der Waals surface area contributed by atoms with Gasteiger partial charge in [-0.2, -0.15) is 0 Å². The number of nitrogens with two attached hydrogens (primary N) is 1. The first kappa shape index (κ1) is 15.4. The topological polar surface area (TPSA) is 35.2 Å². The summed E-state index contributed by atoms with van der Waals surface area (Å²) in [7, 11) is 0. The van der Waals surface area contributed by atoms with E-state index in [1.54, 1.807) is 24.3 Å². The second-order valence-corrected chi connectivity index (χ2v) is 5.00. The van der Waals surface area contributed by atoms with Gasteiger partial charge in [0, 0.05) is 11.6 Å². The normalized spacial score (nSPS) is 12.5. The van der Waals surface area contributed by atoms with Crippen molar-refractivity contribution < 1.29 is 17.9 Å². The van der Waals surface area contributed by atoms with Crippen molar-refractivity contribution in [3.63, 3.8) is 0 Å². The van der Waals surface area contributed by atoms with E-state index >= 15 is 0 Å². The van der Waals surface area contributed by atoms with E-state index in [1.807, 2.05) is 13.8 Å². The van der Waals surface area contributed by atoms with E-state index < -0.39 is 23.5 Å². The van der Waals surface area contributed by atoms with Gasteiger partial charge in [-0.3, -0.25) is 0 Å². The monoisotopic (exact) mass is 295 g/mol. The van der Waals surface area contributed by atoms with Crippen LogP contribution in [0.4, 0.5) is 13.2 Å². The molecule has 2 aromatic carbocycles. The van der Waals surface area contributed by atoms with Gasteiger partial charge in [-0.05, 0) is 37.6 Å². The lowest BCUT2D eigenvalue weighted by Crippen LogP contribution is -2.15. The van der Waals surface area contributed by atoms with Crippen LogP contribution in [0.25, 0.3) is 0 Å². The van der Waals surface area contributed by atoms with E-state index in [0.717, 1.165) is 6.07 Å². The maximum atomic E-state index is 13.8. The number of rotatable bonds is 4. The van der Waals surface area contributed by atoms with Gasteiger partial charge in [0.25, 0.3) is 0 Å². The van der Waals surface area contributed by atoms with Crippen LogP contribution in [0.3, 0.4) is 0 Å². The standard InChI is InChI=1S/C16H16F3NO/c1-9(2)21-11-5-3-4-10(6-11)16(20)12-7-14(18)15(19)8-13(12)17/h3-9,16H,20H2,1-2H3. The predicted octanol–water partition coefficient (Wildman–Crippen LogP) is 3.94. The lowest BCUT2D eigenvalue weighted by atomic mass is 9.98. The Labute approximate surface area is 121 Å². The fourth-order valence-electron chi connectivity index (χ4n) is 2.01. The molecule has 0 aliphatic carbocycles. The third kappa shape index (κ3) is 3.55. The fourth-order valence-corrected chi connectivity index (χ4v) is 2.01. The van der Waals surface area contributed by atoms with Crippen LogP contribution in [0.1, 0.15) is 31.0 Å². The van der Waals surface area contributed by atoms with Gasteiger partial charge < -0.3 is 10.5 Å². The molecule has 0 aliphatic rings. The van der Waals surface area contributed by atoms with Crippen LogP contribution in [0.5, 0.6) is 5.75 Å². The predicted molar refractivity (Wildman–Crippen MR) is 74.6 cm³/mol. The van der Waals surface area contributed by atoms with Crippen LogP contribution in [-0.2, 0) is 0 Å². The molecule has 0 fully saturated rings. The molecule has 0 bridgehead atoms. The Bertz CT molecular complexity index is 643. The molecule has 0 saturated carbocycles. The quantitative estimate of drug-likeness (QED) is 0.867. The SMILES string of the molecule is CC(C)Oc1cccc(C(N)c2cc(F)c(F)cc2F)c1. The first-order valence-corrected chi connectivity index (χ1v) is 6.55. The molecule has 2 rings (SSSR count). The number of hydrogen-bond donors (Lipinski definition) is 1. The van der Waals surface area contributed by atoms with E-state index in [-0.39, 0.29) is 11.7 Å². The van der Waals surface area contributed by atoms with E-state index in [1.165, 1.54) is 0 Å². The largest absolute Gasteiger partial charge is 0.491 e. The Balaban J connectivity index is 2.36.